The van der Waals surface area contributed by atoms with E-state index < -0.39 is 39.7 Å². The van der Waals surface area contributed by atoms with Gasteiger partial charge in [-0.1, -0.05) is 0 Å². The van der Waals surface area contributed by atoms with Gasteiger partial charge in [-0.05, 0) is 24.3 Å². The first-order valence-corrected chi connectivity index (χ1v) is 9.24. The van der Waals surface area contributed by atoms with Gasteiger partial charge in [0.1, 0.15) is 35.8 Å². The zero-order valence-electron chi connectivity index (χ0n) is 14.2. The number of methoxy groups -OCH3 is 1. The molecule has 0 aromatic heterocycles. The van der Waals surface area contributed by atoms with Crippen molar-refractivity contribution in [1.82, 2.24) is 4.72 Å². The van der Waals surface area contributed by atoms with E-state index in [0.717, 1.165) is 6.07 Å². The van der Waals surface area contributed by atoms with E-state index >= 15 is 0 Å². The minimum absolute atomic E-state index is 0.136. The SMILES string of the molecule is COc1ccc(OCc2cc(F)c(C(=O)NS(C)(=O)=O)cc2F)c(C#N)c1. The maximum Gasteiger partial charge on any atom is 0.267 e. The lowest BCUT2D eigenvalue weighted by atomic mass is 10.1. The fourth-order valence-corrected chi connectivity index (χ4v) is 2.55. The summed E-state index contributed by atoms with van der Waals surface area (Å²) in [6.07, 6.45) is 0.711. The Morgan fingerprint density at radius 2 is 1.93 bits per heavy atom. The lowest BCUT2D eigenvalue weighted by Crippen LogP contribution is -2.30. The van der Waals surface area contributed by atoms with Crippen LogP contribution >= 0.6 is 0 Å². The van der Waals surface area contributed by atoms with Crippen molar-refractivity contribution in [3.8, 4) is 17.6 Å². The molecule has 2 aromatic rings. The lowest BCUT2D eigenvalue weighted by Gasteiger charge is -2.11. The number of rotatable bonds is 6. The molecule has 142 valence electrons. The molecule has 0 atom stereocenters. The highest BCUT2D eigenvalue weighted by Gasteiger charge is 2.19. The minimum atomic E-state index is -3.93. The standard InChI is InChI=1S/C17H14F2N2O5S/c1-25-12-3-4-16(10(5-12)8-20)26-9-11-6-15(19)13(7-14(11)18)17(22)21-27(2,23)24/h3-7H,9H2,1-2H3,(H,21,22). The molecule has 0 aliphatic rings. The van der Waals surface area contributed by atoms with E-state index in [1.165, 1.54) is 25.3 Å². The molecule has 7 nitrogen and oxygen atoms in total. The minimum Gasteiger partial charge on any atom is -0.497 e. The number of amides is 1. The molecule has 0 saturated heterocycles. The fraction of sp³-hybridized carbons (Fsp3) is 0.176. The van der Waals surface area contributed by atoms with E-state index in [4.69, 9.17) is 14.7 Å². The molecule has 1 amide bonds. The molecule has 2 aromatic carbocycles. The number of hydrogen-bond acceptors (Lipinski definition) is 6. The summed E-state index contributed by atoms with van der Waals surface area (Å²) in [7, 11) is -2.50. The van der Waals surface area contributed by atoms with Gasteiger partial charge in [0.25, 0.3) is 5.91 Å². The molecular weight excluding hydrogens is 382 g/mol. The highest BCUT2D eigenvalue weighted by atomic mass is 32.2. The summed E-state index contributed by atoms with van der Waals surface area (Å²) in [6.45, 7) is -0.419. The Hall–Kier alpha value is -3.19. The van der Waals surface area contributed by atoms with Gasteiger partial charge < -0.3 is 9.47 Å². The van der Waals surface area contributed by atoms with Gasteiger partial charge in [-0.2, -0.15) is 5.26 Å². The summed E-state index contributed by atoms with van der Waals surface area (Å²) in [5.74, 6) is -2.81. The molecule has 27 heavy (non-hydrogen) atoms. The molecule has 0 radical (unpaired) electrons. The van der Waals surface area contributed by atoms with Crippen LogP contribution in [0.25, 0.3) is 0 Å². The molecule has 0 unspecified atom stereocenters. The Bertz CT molecular complexity index is 1030. The number of nitriles is 1. The average molecular weight is 396 g/mol. The van der Waals surface area contributed by atoms with Crippen LogP contribution in [0.5, 0.6) is 11.5 Å². The third-order valence-electron chi connectivity index (χ3n) is 3.35. The van der Waals surface area contributed by atoms with Crippen molar-refractivity contribution in [2.45, 2.75) is 6.61 Å². The highest BCUT2D eigenvalue weighted by molar-refractivity contribution is 7.89. The molecule has 0 aliphatic heterocycles. The summed E-state index contributed by atoms with van der Waals surface area (Å²) >= 11 is 0. The molecule has 1 N–H and O–H groups in total. The van der Waals surface area contributed by atoms with Crippen LogP contribution in [-0.2, 0) is 16.6 Å². The topological polar surface area (TPSA) is 105 Å². The molecule has 0 heterocycles. The second-order valence-corrected chi connectivity index (χ2v) is 7.14. The Labute approximate surface area is 154 Å². The van der Waals surface area contributed by atoms with Crippen LogP contribution in [-0.4, -0.2) is 27.7 Å². The van der Waals surface area contributed by atoms with Gasteiger partial charge in [0.05, 0.1) is 24.5 Å². The quantitative estimate of drug-likeness (QED) is 0.802. The zero-order chi connectivity index (χ0) is 20.2. The van der Waals surface area contributed by atoms with Gasteiger partial charge in [-0.25, -0.2) is 21.9 Å². The van der Waals surface area contributed by atoms with Crippen molar-refractivity contribution in [1.29, 1.82) is 5.26 Å². The van der Waals surface area contributed by atoms with Gasteiger partial charge in [-0.15, -0.1) is 0 Å². The van der Waals surface area contributed by atoms with E-state index in [1.807, 2.05) is 6.07 Å². The largest absolute Gasteiger partial charge is 0.497 e. The third kappa shape index (κ3) is 5.15. The molecule has 0 saturated carbocycles. The lowest BCUT2D eigenvalue weighted by molar-refractivity contribution is 0.0977. The Kier molecular flexibility index (Phi) is 5.97. The van der Waals surface area contributed by atoms with Crippen LogP contribution in [0.4, 0.5) is 8.78 Å². The van der Waals surface area contributed by atoms with Crippen molar-refractivity contribution in [2.75, 3.05) is 13.4 Å². The van der Waals surface area contributed by atoms with Crippen molar-refractivity contribution >= 4 is 15.9 Å². The molecule has 0 spiro atoms. The van der Waals surface area contributed by atoms with Gasteiger partial charge in [0, 0.05) is 11.6 Å². The van der Waals surface area contributed by atoms with Crippen molar-refractivity contribution in [3.63, 3.8) is 0 Å². The summed E-state index contributed by atoms with van der Waals surface area (Å²) in [5.41, 5.74) is -0.841. The van der Waals surface area contributed by atoms with Crippen LogP contribution in [0, 0.1) is 23.0 Å². The van der Waals surface area contributed by atoms with Crippen molar-refractivity contribution < 1.29 is 31.5 Å². The number of nitrogens with zero attached hydrogens (tertiary/aromatic N) is 1. The fourth-order valence-electron chi connectivity index (χ4n) is 2.10. The van der Waals surface area contributed by atoms with Crippen LogP contribution < -0.4 is 14.2 Å². The number of carbonyl (C=O) groups excluding carboxylic acids is 1. The number of hydrogen-bond donors (Lipinski definition) is 1. The summed E-state index contributed by atoms with van der Waals surface area (Å²) < 4.78 is 62.2. The van der Waals surface area contributed by atoms with Gasteiger partial charge in [-0.3, -0.25) is 4.79 Å². The Morgan fingerprint density at radius 3 is 2.52 bits per heavy atom. The molecule has 2 rings (SSSR count). The number of halogens is 2. The average Bonchev–Trinajstić information content (AvgIpc) is 2.60. The van der Waals surface area contributed by atoms with Gasteiger partial charge in [0.15, 0.2) is 0 Å². The van der Waals surface area contributed by atoms with E-state index in [2.05, 4.69) is 0 Å². The number of nitrogens with one attached hydrogen (secondary N) is 1. The molecule has 0 fully saturated rings. The molecule has 0 bridgehead atoms. The Morgan fingerprint density at radius 1 is 1.22 bits per heavy atom. The van der Waals surface area contributed by atoms with E-state index in [9.17, 15) is 22.0 Å². The number of sulfonamides is 1. The smallest absolute Gasteiger partial charge is 0.267 e. The number of carbonyl (C=O) groups is 1. The van der Waals surface area contributed by atoms with Crippen LogP contribution in [0.1, 0.15) is 21.5 Å². The van der Waals surface area contributed by atoms with Crippen LogP contribution in [0.15, 0.2) is 30.3 Å². The number of ether oxygens (including phenoxy) is 2. The van der Waals surface area contributed by atoms with Crippen LogP contribution in [0.3, 0.4) is 0 Å². The summed E-state index contributed by atoms with van der Waals surface area (Å²) in [5, 5.41) is 9.11. The monoisotopic (exact) mass is 396 g/mol. The number of benzene rings is 2. The highest BCUT2D eigenvalue weighted by Crippen LogP contribution is 2.25. The van der Waals surface area contributed by atoms with E-state index in [0.29, 0.717) is 18.1 Å². The predicted molar refractivity (Wildman–Crippen MR) is 90.7 cm³/mol. The van der Waals surface area contributed by atoms with Gasteiger partial charge >= 0.3 is 0 Å². The second-order valence-electron chi connectivity index (χ2n) is 5.39. The van der Waals surface area contributed by atoms with E-state index in [-0.39, 0.29) is 16.9 Å². The molecule has 0 aliphatic carbocycles. The Balaban J connectivity index is 2.23. The zero-order valence-corrected chi connectivity index (χ0v) is 15.1. The first-order chi connectivity index (χ1) is 12.6. The van der Waals surface area contributed by atoms with Crippen molar-refractivity contribution in [3.05, 3.63) is 58.7 Å². The molecule has 10 heteroatoms. The first kappa shape index (κ1) is 20.1. The predicted octanol–water partition coefficient (Wildman–Crippen LogP) is 2.11. The third-order valence-corrected chi connectivity index (χ3v) is 3.91. The summed E-state index contributed by atoms with van der Waals surface area (Å²) in [4.78, 5) is 11.7. The van der Waals surface area contributed by atoms with E-state index in [1.54, 1.807) is 4.72 Å². The maximum atomic E-state index is 14.2. The summed E-state index contributed by atoms with van der Waals surface area (Å²) in [6, 6.07) is 7.60. The normalized spacial score (nSPS) is 10.8. The van der Waals surface area contributed by atoms with Crippen molar-refractivity contribution in [2.24, 2.45) is 0 Å². The maximum absolute atomic E-state index is 14.2. The van der Waals surface area contributed by atoms with Crippen LogP contribution in [0.2, 0.25) is 0 Å². The molecular formula is C17H14F2N2O5S. The second kappa shape index (κ2) is 8.01. The first-order valence-electron chi connectivity index (χ1n) is 7.35. The van der Waals surface area contributed by atoms with Gasteiger partial charge in [0.2, 0.25) is 10.0 Å².